The lowest BCUT2D eigenvalue weighted by atomic mass is 10.0. The first kappa shape index (κ1) is 14.9. The Labute approximate surface area is 126 Å². The number of nitrogens with zero attached hydrogens (tertiary/aromatic N) is 1. The summed E-state index contributed by atoms with van der Waals surface area (Å²) in [5, 5.41) is 0.779. The zero-order valence-electron chi connectivity index (χ0n) is 12.0. The number of benzene rings is 2. The van der Waals surface area contributed by atoms with Crippen molar-refractivity contribution in [3.05, 3.63) is 64.7 Å². The zero-order valence-corrected chi connectivity index (χ0v) is 12.8. The number of halogens is 1. The van der Waals surface area contributed by atoms with Gasteiger partial charge in [-0.3, -0.25) is 0 Å². The zero-order chi connectivity index (χ0) is 14.5. The van der Waals surface area contributed by atoms with Gasteiger partial charge in [-0.1, -0.05) is 54.1 Å². The Balaban J connectivity index is 2.26. The molecular formula is C17H21ClN2. The van der Waals surface area contributed by atoms with Gasteiger partial charge >= 0.3 is 0 Å². The number of hydrogen-bond acceptors (Lipinski definition) is 2. The Kier molecular flexibility index (Phi) is 5.05. The van der Waals surface area contributed by atoms with E-state index in [1.54, 1.807) is 0 Å². The van der Waals surface area contributed by atoms with Crippen molar-refractivity contribution in [3.63, 3.8) is 0 Å². The molecule has 0 aliphatic carbocycles. The Hall–Kier alpha value is -1.51. The largest absolute Gasteiger partial charge is 0.369 e. The lowest BCUT2D eigenvalue weighted by Gasteiger charge is -2.24. The van der Waals surface area contributed by atoms with Crippen molar-refractivity contribution >= 4 is 17.3 Å². The van der Waals surface area contributed by atoms with Crippen LogP contribution in [0.5, 0.6) is 0 Å². The SMILES string of the molecule is CC(N)Cc1cccc(Cl)c1N(C)Cc1ccccc1. The third-order valence-corrected chi connectivity index (χ3v) is 3.56. The van der Waals surface area contributed by atoms with Crippen LogP contribution in [0.25, 0.3) is 0 Å². The second-order valence-electron chi connectivity index (χ2n) is 5.27. The molecule has 0 heterocycles. The fourth-order valence-corrected chi connectivity index (χ4v) is 2.77. The van der Waals surface area contributed by atoms with Crippen LogP contribution in [0.15, 0.2) is 48.5 Å². The summed E-state index contributed by atoms with van der Waals surface area (Å²) in [6, 6.07) is 16.5. The molecule has 2 nitrogen and oxygen atoms in total. The smallest absolute Gasteiger partial charge is 0.0642 e. The predicted octanol–water partition coefficient (Wildman–Crippen LogP) is 3.87. The molecule has 0 aromatic heterocycles. The van der Waals surface area contributed by atoms with Crippen molar-refractivity contribution in [2.75, 3.05) is 11.9 Å². The number of hydrogen-bond donors (Lipinski definition) is 1. The van der Waals surface area contributed by atoms with Crippen molar-refractivity contribution in [2.24, 2.45) is 5.73 Å². The van der Waals surface area contributed by atoms with Crippen LogP contribution >= 0.6 is 11.6 Å². The van der Waals surface area contributed by atoms with Crippen molar-refractivity contribution < 1.29 is 0 Å². The van der Waals surface area contributed by atoms with E-state index in [1.807, 2.05) is 25.1 Å². The molecule has 3 heteroatoms. The van der Waals surface area contributed by atoms with Gasteiger partial charge in [-0.05, 0) is 30.5 Å². The molecule has 0 fully saturated rings. The third kappa shape index (κ3) is 3.75. The topological polar surface area (TPSA) is 29.3 Å². The van der Waals surface area contributed by atoms with Gasteiger partial charge < -0.3 is 10.6 Å². The average Bonchev–Trinajstić information content (AvgIpc) is 2.39. The third-order valence-electron chi connectivity index (χ3n) is 3.26. The van der Waals surface area contributed by atoms with Gasteiger partial charge in [0.25, 0.3) is 0 Å². The van der Waals surface area contributed by atoms with Crippen LogP contribution < -0.4 is 10.6 Å². The van der Waals surface area contributed by atoms with Gasteiger partial charge in [0.15, 0.2) is 0 Å². The lowest BCUT2D eigenvalue weighted by molar-refractivity contribution is 0.734. The second kappa shape index (κ2) is 6.78. The lowest BCUT2D eigenvalue weighted by Crippen LogP contribution is -2.22. The molecule has 0 saturated heterocycles. The minimum absolute atomic E-state index is 0.123. The Morgan fingerprint density at radius 3 is 2.45 bits per heavy atom. The van der Waals surface area contributed by atoms with Crippen LogP contribution in [-0.2, 0) is 13.0 Å². The molecule has 0 aliphatic rings. The summed E-state index contributed by atoms with van der Waals surface area (Å²) in [6.45, 7) is 2.85. The van der Waals surface area contributed by atoms with Crippen LogP contribution in [0.2, 0.25) is 5.02 Å². The Morgan fingerprint density at radius 1 is 1.10 bits per heavy atom. The first-order chi connectivity index (χ1) is 9.58. The number of nitrogens with two attached hydrogens (primary N) is 1. The fraction of sp³-hybridized carbons (Fsp3) is 0.294. The van der Waals surface area contributed by atoms with E-state index in [-0.39, 0.29) is 6.04 Å². The van der Waals surface area contributed by atoms with Gasteiger partial charge in [-0.15, -0.1) is 0 Å². The molecule has 1 unspecified atom stereocenters. The molecule has 0 bridgehead atoms. The maximum atomic E-state index is 6.39. The van der Waals surface area contributed by atoms with Crippen molar-refractivity contribution in [1.82, 2.24) is 0 Å². The Morgan fingerprint density at radius 2 is 1.80 bits per heavy atom. The quantitative estimate of drug-likeness (QED) is 0.905. The van der Waals surface area contributed by atoms with E-state index in [0.29, 0.717) is 0 Å². The summed E-state index contributed by atoms with van der Waals surface area (Å²) in [6.07, 6.45) is 0.828. The molecule has 20 heavy (non-hydrogen) atoms. The minimum atomic E-state index is 0.123. The standard InChI is InChI=1S/C17H21ClN2/c1-13(19)11-15-9-6-10-16(18)17(15)20(2)12-14-7-4-3-5-8-14/h3-10,13H,11-12,19H2,1-2H3. The molecule has 2 aromatic rings. The first-order valence-corrected chi connectivity index (χ1v) is 7.23. The highest BCUT2D eigenvalue weighted by molar-refractivity contribution is 6.33. The summed E-state index contributed by atoms with van der Waals surface area (Å²) in [4.78, 5) is 2.19. The minimum Gasteiger partial charge on any atom is -0.369 e. The van der Waals surface area contributed by atoms with Gasteiger partial charge in [0.1, 0.15) is 0 Å². The molecular weight excluding hydrogens is 268 g/mol. The van der Waals surface area contributed by atoms with E-state index < -0.39 is 0 Å². The molecule has 0 amide bonds. The molecule has 0 saturated carbocycles. The monoisotopic (exact) mass is 288 g/mol. The highest BCUT2D eigenvalue weighted by atomic mass is 35.5. The highest BCUT2D eigenvalue weighted by Crippen LogP contribution is 2.30. The van der Waals surface area contributed by atoms with Crippen LogP contribution in [-0.4, -0.2) is 13.1 Å². The molecule has 2 aromatic carbocycles. The number of anilines is 1. The van der Waals surface area contributed by atoms with E-state index in [0.717, 1.165) is 23.7 Å². The molecule has 2 rings (SSSR count). The van der Waals surface area contributed by atoms with Gasteiger partial charge in [0.05, 0.1) is 10.7 Å². The average molecular weight is 289 g/mol. The van der Waals surface area contributed by atoms with E-state index in [4.69, 9.17) is 17.3 Å². The normalized spacial score (nSPS) is 12.2. The van der Waals surface area contributed by atoms with Gasteiger partial charge in [0, 0.05) is 19.6 Å². The summed E-state index contributed by atoms with van der Waals surface area (Å²) < 4.78 is 0. The van der Waals surface area contributed by atoms with Crippen molar-refractivity contribution in [2.45, 2.75) is 25.9 Å². The van der Waals surface area contributed by atoms with Crippen LogP contribution in [0, 0.1) is 0 Å². The Bertz CT molecular complexity index is 552. The molecule has 0 radical (unpaired) electrons. The summed E-state index contributed by atoms with van der Waals surface area (Å²) in [5.74, 6) is 0. The molecule has 0 spiro atoms. The van der Waals surface area contributed by atoms with Crippen LogP contribution in [0.3, 0.4) is 0 Å². The molecule has 1 atom stereocenters. The van der Waals surface area contributed by atoms with Crippen LogP contribution in [0.4, 0.5) is 5.69 Å². The van der Waals surface area contributed by atoms with Crippen molar-refractivity contribution in [3.8, 4) is 0 Å². The van der Waals surface area contributed by atoms with E-state index in [9.17, 15) is 0 Å². The van der Waals surface area contributed by atoms with Gasteiger partial charge in [-0.25, -0.2) is 0 Å². The number of para-hydroxylation sites is 1. The predicted molar refractivity (Wildman–Crippen MR) is 87.4 cm³/mol. The highest BCUT2D eigenvalue weighted by Gasteiger charge is 2.13. The second-order valence-corrected chi connectivity index (χ2v) is 5.68. The van der Waals surface area contributed by atoms with E-state index in [1.165, 1.54) is 11.1 Å². The summed E-state index contributed by atoms with van der Waals surface area (Å²) in [7, 11) is 2.07. The van der Waals surface area contributed by atoms with Gasteiger partial charge in [0.2, 0.25) is 0 Å². The molecule has 2 N–H and O–H groups in total. The van der Waals surface area contributed by atoms with Crippen molar-refractivity contribution in [1.29, 1.82) is 0 Å². The molecule has 106 valence electrons. The van der Waals surface area contributed by atoms with Crippen LogP contribution in [0.1, 0.15) is 18.1 Å². The maximum absolute atomic E-state index is 6.39. The van der Waals surface area contributed by atoms with E-state index in [2.05, 4.69) is 42.3 Å². The summed E-state index contributed by atoms with van der Waals surface area (Å²) >= 11 is 6.39. The first-order valence-electron chi connectivity index (χ1n) is 6.86. The van der Waals surface area contributed by atoms with E-state index >= 15 is 0 Å². The maximum Gasteiger partial charge on any atom is 0.0642 e. The molecule has 0 aliphatic heterocycles. The fourth-order valence-electron chi connectivity index (χ4n) is 2.44. The number of rotatable bonds is 5. The van der Waals surface area contributed by atoms with Gasteiger partial charge in [-0.2, -0.15) is 0 Å². The summed E-state index contributed by atoms with van der Waals surface area (Å²) in [5.41, 5.74) is 9.48.